The van der Waals surface area contributed by atoms with Crippen molar-refractivity contribution in [1.29, 1.82) is 0 Å². The van der Waals surface area contributed by atoms with E-state index in [1.807, 2.05) is 13.8 Å². The molecule has 1 aliphatic rings. The van der Waals surface area contributed by atoms with E-state index in [-0.39, 0.29) is 11.9 Å². The van der Waals surface area contributed by atoms with Crippen molar-refractivity contribution in [3.8, 4) is 0 Å². The van der Waals surface area contributed by atoms with Crippen LogP contribution in [0, 0.1) is 5.92 Å². The molecule has 0 heterocycles. The van der Waals surface area contributed by atoms with Gasteiger partial charge in [-0.1, -0.05) is 13.3 Å². The fourth-order valence-electron chi connectivity index (χ4n) is 2.42. The summed E-state index contributed by atoms with van der Waals surface area (Å²) in [5.74, 6) is 1.06. The van der Waals surface area contributed by atoms with Gasteiger partial charge in [0.05, 0.1) is 0 Å². The molecule has 94 valence electrons. The maximum atomic E-state index is 11.4. The third-order valence-corrected chi connectivity index (χ3v) is 3.35. The standard InChI is InChI=1S/C13H26N2O/c1-4-11-5-6-12(9-11)14-8-7-13(16)15-10(2)3/h10-12,14H,4-9H2,1-3H3,(H,15,16). The van der Waals surface area contributed by atoms with Crippen molar-refractivity contribution >= 4 is 5.91 Å². The first-order valence-electron chi connectivity index (χ1n) is 6.64. The lowest BCUT2D eigenvalue weighted by molar-refractivity contribution is -0.121. The number of carbonyl (C=O) groups is 1. The van der Waals surface area contributed by atoms with Crippen molar-refractivity contribution in [2.75, 3.05) is 6.54 Å². The molecule has 1 rings (SSSR count). The summed E-state index contributed by atoms with van der Waals surface area (Å²) in [6, 6.07) is 0.903. The highest BCUT2D eigenvalue weighted by Crippen LogP contribution is 2.27. The molecule has 0 aromatic rings. The summed E-state index contributed by atoms with van der Waals surface area (Å²) in [6.07, 6.45) is 5.83. The minimum atomic E-state index is 0.160. The van der Waals surface area contributed by atoms with Crippen LogP contribution in [0.1, 0.15) is 52.9 Å². The molecular weight excluding hydrogens is 200 g/mol. The first-order chi connectivity index (χ1) is 7.61. The molecule has 1 fully saturated rings. The van der Waals surface area contributed by atoms with E-state index in [0.29, 0.717) is 12.5 Å². The van der Waals surface area contributed by atoms with Crippen molar-refractivity contribution in [2.45, 2.75) is 65.0 Å². The highest BCUT2D eigenvalue weighted by Gasteiger charge is 2.22. The fourth-order valence-corrected chi connectivity index (χ4v) is 2.42. The van der Waals surface area contributed by atoms with E-state index in [0.717, 1.165) is 12.5 Å². The van der Waals surface area contributed by atoms with Gasteiger partial charge in [0.25, 0.3) is 0 Å². The van der Waals surface area contributed by atoms with Crippen LogP contribution in [0.3, 0.4) is 0 Å². The first-order valence-corrected chi connectivity index (χ1v) is 6.64. The largest absolute Gasteiger partial charge is 0.354 e. The summed E-state index contributed by atoms with van der Waals surface area (Å²) >= 11 is 0. The van der Waals surface area contributed by atoms with Gasteiger partial charge in [0.2, 0.25) is 5.91 Å². The van der Waals surface area contributed by atoms with Crippen LogP contribution in [0.25, 0.3) is 0 Å². The average Bonchev–Trinajstić information content (AvgIpc) is 2.64. The van der Waals surface area contributed by atoms with Gasteiger partial charge in [-0.15, -0.1) is 0 Å². The molecule has 1 saturated carbocycles. The molecule has 0 aromatic carbocycles. The highest BCUT2D eigenvalue weighted by atomic mass is 16.1. The van der Waals surface area contributed by atoms with E-state index in [1.165, 1.54) is 25.7 Å². The summed E-state index contributed by atoms with van der Waals surface area (Å²) in [5, 5.41) is 6.40. The van der Waals surface area contributed by atoms with Crippen LogP contribution < -0.4 is 10.6 Å². The lowest BCUT2D eigenvalue weighted by atomic mass is 10.1. The van der Waals surface area contributed by atoms with Crippen molar-refractivity contribution < 1.29 is 4.79 Å². The molecule has 2 unspecified atom stereocenters. The number of nitrogens with one attached hydrogen (secondary N) is 2. The van der Waals surface area contributed by atoms with Crippen LogP contribution in [-0.4, -0.2) is 24.5 Å². The van der Waals surface area contributed by atoms with Crippen LogP contribution >= 0.6 is 0 Å². The Labute approximate surface area is 99.4 Å². The zero-order valence-electron chi connectivity index (χ0n) is 10.9. The van der Waals surface area contributed by atoms with Gasteiger partial charge in [-0.3, -0.25) is 4.79 Å². The highest BCUT2D eigenvalue weighted by molar-refractivity contribution is 5.76. The Balaban J connectivity index is 2.05. The van der Waals surface area contributed by atoms with Gasteiger partial charge in [0, 0.05) is 25.0 Å². The first kappa shape index (κ1) is 13.5. The van der Waals surface area contributed by atoms with Gasteiger partial charge in [-0.2, -0.15) is 0 Å². The van der Waals surface area contributed by atoms with Gasteiger partial charge in [-0.25, -0.2) is 0 Å². The topological polar surface area (TPSA) is 41.1 Å². The van der Waals surface area contributed by atoms with E-state index in [4.69, 9.17) is 0 Å². The van der Waals surface area contributed by atoms with E-state index in [2.05, 4.69) is 17.6 Å². The summed E-state index contributed by atoms with van der Waals surface area (Å²) in [5.41, 5.74) is 0. The molecule has 2 atom stereocenters. The Morgan fingerprint density at radius 3 is 2.69 bits per heavy atom. The molecule has 0 saturated heterocycles. The second kappa shape index (κ2) is 6.89. The number of amides is 1. The Bertz CT molecular complexity index is 216. The second-order valence-corrected chi connectivity index (χ2v) is 5.21. The maximum absolute atomic E-state index is 11.4. The van der Waals surface area contributed by atoms with Crippen molar-refractivity contribution in [3.05, 3.63) is 0 Å². The van der Waals surface area contributed by atoms with Crippen LogP contribution in [0.5, 0.6) is 0 Å². The molecule has 1 aliphatic carbocycles. The number of carbonyl (C=O) groups excluding carboxylic acids is 1. The minimum absolute atomic E-state index is 0.160. The van der Waals surface area contributed by atoms with Crippen molar-refractivity contribution in [1.82, 2.24) is 10.6 Å². The van der Waals surface area contributed by atoms with E-state index in [9.17, 15) is 4.79 Å². The molecule has 0 radical (unpaired) electrons. The number of hydrogen-bond donors (Lipinski definition) is 2. The van der Waals surface area contributed by atoms with Crippen molar-refractivity contribution in [3.63, 3.8) is 0 Å². The predicted molar refractivity (Wildman–Crippen MR) is 67.3 cm³/mol. The quantitative estimate of drug-likeness (QED) is 0.728. The normalized spacial score (nSPS) is 25.0. The molecule has 16 heavy (non-hydrogen) atoms. The van der Waals surface area contributed by atoms with E-state index >= 15 is 0 Å². The molecule has 2 N–H and O–H groups in total. The second-order valence-electron chi connectivity index (χ2n) is 5.21. The molecule has 0 aliphatic heterocycles. The van der Waals surface area contributed by atoms with Crippen LogP contribution in [0.2, 0.25) is 0 Å². The SMILES string of the molecule is CCC1CCC(NCCC(=O)NC(C)C)C1. The predicted octanol–water partition coefficient (Wildman–Crippen LogP) is 2.07. The smallest absolute Gasteiger partial charge is 0.221 e. The molecular formula is C13H26N2O. The zero-order chi connectivity index (χ0) is 12.0. The van der Waals surface area contributed by atoms with Crippen LogP contribution in [-0.2, 0) is 4.79 Å². The summed E-state index contributed by atoms with van der Waals surface area (Å²) in [6.45, 7) is 7.07. The number of rotatable bonds is 6. The monoisotopic (exact) mass is 226 g/mol. The fraction of sp³-hybridized carbons (Fsp3) is 0.923. The van der Waals surface area contributed by atoms with E-state index in [1.54, 1.807) is 0 Å². The number of hydrogen-bond acceptors (Lipinski definition) is 2. The van der Waals surface area contributed by atoms with Crippen LogP contribution in [0.4, 0.5) is 0 Å². The van der Waals surface area contributed by atoms with Gasteiger partial charge >= 0.3 is 0 Å². The zero-order valence-corrected chi connectivity index (χ0v) is 10.9. The average molecular weight is 226 g/mol. The summed E-state index contributed by atoms with van der Waals surface area (Å²) in [7, 11) is 0. The minimum Gasteiger partial charge on any atom is -0.354 e. The molecule has 0 bridgehead atoms. The lowest BCUT2D eigenvalue weighted by Crippen LogP contribution is -2.35. The lowest BCUT2D eigenvalue weighted by Gasteiger charge is -2.13. The third kappa shape index (κ3) is 4.97. The van der Waals surface area contributed by atoms with Crippen LogP contribution in [0.15, 0.2) is 0 Å². The van der Waals surface area contributed by atoms with Crippen molar-refractivity contribution in [2.24, 2.45) is 5.92 Å². The maximum Gasteiger partial charge on any atom is 0.221 e. The molecule has 0 spiro atoms. The Kier molecular flexibility index (Phi) is 5.81. The van der Waals surface area contributed by atoms with Gasteiger partial charge in [0.1, 0.15) is 0 Å². The van der Waals surface area contributed by atoms with Gasteiger partial charge < -0.3 is 10.6 Å². The molecule has 1 amide bonds. The summed E-state index contributed by atoms with van der Waals surface area (Å²) in [4.78, 5) is 11.4. The van der Waals surface area contributed by atoms with E-state index < -0.39 is 0 Å². The molecule has 3 nitrogen and oxygen atoms in total. The Hall–Kier alpha value is -0.570. The van der Waals surface area contributed by atoms with Gasteiger partial charge in [0.15, 0.2) is 0 Å². The summed E-state index contributed by atoms with van der Waals surface area (Å²) < 4.78 is 0. The molecule has 3 heteroatoms. The Morgan fingerprint density at radius 2 is 2.12 bits per heavy atom. The Morgan fingerprint density at radius 1 is 1.38 bits per heavy atom. The molecule has 0 aromatic heterocycles. The third-order valence-electron chi connectivity index (χ3n) is 3.35. The van der Waals surface area contributed by atoms with Gasteiger partial charge in [-0.05, 0) is 39.0 Å².